The summed E-state index contributed by atoms with van der Waals surface area (Å²) in [4.78, 5) is 26.9. The van der Waals surface area contributed by atoms with Gasteiger partial charge in [0.1, 0.15) is 12.0 Å². The molecule has 1 aromatic carbocycles. The van der Waals surface area contributed by atoms with Gasteiger partial charge >= 0.3 is 5.97 Å². The number of nitrogen functional groups attached to an aromatic ring is 1. The number of aliphatic hydroxyl groups excluding tert-OH is 1. The average molecular weight is 386 g/mol. The summed E-state index contributed by atoms with van der Waals surface area (Å²) >= 11 is 0. The Morgan fingerprint density at radius 1 is 1.25 bits per heavy atom. The lowest BCUT2D eigenvalue weighted by molar-refractivity contribution is 0.0601. The van der Waals surface area contributed by atoms with E-state index in [-0.39, 0.29) is 6.61 Å². The number of esters is 1. The summed E-state index contributed by atoms with van der Waals surface area (Å²) in [5.74, 6) is 0.783. The number of β-amino-alcohol motifs (C(OH)–C–C–N with tert-alkyl or cyclic N) is 1. The third kappa shape index (κ3) is 4.00. The van der Waals surface area contributed by atoms with Crippen LogP contribution < -0.4 is 15.5 Å². The Bertz CT molecular complexity index is 823. The molecule has 0 amide bonds. The number of nitrogens with two attached hydrogens (primary N) is 1. The molecule has 1 fully saturated rings. The van der Waals surface area contributed by atoms with Gasteiger partial charge in [0.25, 0.3) is 0 Å². The topological polar surface area (TPSA) is 108 Å². The Balaban J connectivity index is 1.87. The van der Waals surface area contributed by atoms with Gasteiger partial charge in [-0.05, 0) is 12.1 Å². The van der Waals surface area contributed by atoms with Gasteiger partial charge in [-0.15, -0.1) is 0 Å². The van der Waals surface area contributed by atoms with Crippen LogP contribution in [0.5, 0.6) is 0 Å². The third-order valence-electron chi connectivity index (χ3n) is 4.92. The summed E-state index contributed by atoms with van der Waals surface area (Å²) in [5, 5.41) is 9.10. The molecule has 3 rings (SSSR count). The van der Waals surface area contributed by atoms with Crippen LogP contribution in [0.3, 0.4) is 0 Å². The molecule has 2 heterocycles. The van der Waals surface area contributed by atoms with Crippen LogP contribution in [0.1, 0.15) is 10.4 Å². The molecular weight excluding hydrogens is 360 g/mol. The van der Waals surface area contributed by atoms with Crippen molar-refractivity contribution in [3.05, 3.63) is 36.2 Å². The highest BCUT2D eigenvalue weighted by Crippen LogP contribution is 2.34. The fourth-order valence-electron chi connectivity index (χ4n) is 3.38. The van der Waals surface area contributed by atoms with Gasteiger partial charge < -0.3 is 25.4 Å². The van der Waals surface area contributed by atoms with Crippen molar-refractivity contribution in [1.29, 1.82) is 0 Å². The first-order valence-electron chi connectivity index (χ1n) is 9.16. The predicted octanol–water partition coefficient (Wildman–Crippen LogP) is 0.728. The lowest BCUT2D eigenvalue weighted by Gasteiger charge is -2.36. The van der Waals surface area contributed by atoms with Crippen LogP contribution in [-0.2, 0) is 4.74 Å². The summed E-state index contributed by atoms with van der Waals surface area (Å²) in [5.41, 5.74) is 7.97. The largest absolute Gasteiger partial charge is 0.465 e. The van der Waals surface area contributed by atoms with Crippen LogP contribution in [0, 0.1) is 0 Å². The monoisotopic (exact) mass is 386 g/mol. The van der Waals surface area contributed by atoms with Crippen molar-refractivity contribution in [1.82, 2.24) is 14.9 Å². The maximum Gasteiger partial charge on any atom is 0.339 e. The number of carbonyl (C=O) groups is 1. The number of hydrogen-bond donors (Lipinski definition) is 2. The number of hydrogen-bond acceptors (Lipinski definition) is 9. The SMILES string of the molecule is COC(=O)c1ccccc1N(C)c1ncnc(N2CCN(CCO)CC2)c1N. The molecule has 0 unspecified atom stereocenters. The van der Waals surface area contributed by atoms with Crippen molar-refractivity contribution in [2.24, 2.45) is 0 Å². The van der Waals surface area contributed by atoms with Crippen LogP contribution in [0.15, 0.2) is 30.6 Å². The highest BCUT2D eigenvalue weighted by Gasteiger charge is 2.23. The second kappa shape index (κ2) is 8.85. The van der Waals surface area contributed by atoms with Gasteiger partial charge in [0.2, 0.25) is 0 Å². The van der Waals surface area contributed by atoms with E-state index in [0.29, 0.717) is 35.1 Å². The van der Waals surface area contributed by atoms with E-state index in [2.05, 4.69) is 19.8 Å². The minimum atomic E-state index is -0.421. The molecule has 150 valence electrons. The number of aliphatic hydroxyl groups is 1. The molecule has 3 N–H and O–H groups in total. The maximum atomic E-state index is 12.1. The first kappa shape index (κ1) is 19.8. The molecule has 0 saturated carbocycles. The fraction of sp³-hybridized carbons (Fsp3) is 0.421. The number of rotatable bonds is 6. The number of piperazine rings is 1. The van der Waals surface area contributed by atoms with Crippen LogP contribution in [0.25, 0.3) is 0 Å². The molecule has 0 bridgehead atoms. The van der Waals surface area contributed by atoms with Crippen molar-refractivity contribution < 1.29 is 14.6 Å². The van der Waals surface area contributed by atoms with Crippen LogP contribution in [-0.4, -0.2) is 79.4 Å². The smallest absolute Gasteiger partial charge is 0.339 e. The number of aromatic nitrogens is 2. The first-order chi connectivity index (χ1) is 13.6. The van der Waals surface area contributed by atoms with Crippen molar-refractivity contribution in [2.45, 2.75) is 0 Å². The number of methoxy groups -OCH3 is 1. The minimum Gasteiger partial charge on any atom is -0.465 e. The zero-order valence-corrected chi connectivity index (χ0v) is 16.2. The van der Waals surface area contributed by atoms with E-state index in [1.807, 2.05) is 19.2 Å². The van der Waals surface area contributed by atoms with Gasteiger partial charge in [0, 0.05) is 39.8 Å². The molecule has 2 aromatic rings. The van der Waals surface area contributed by atoms with E-state index in [1.54, 1.807) is 17.0 Å². The van der Waals surface area contributed by atoms with E-state index in [0.717, 1.165) is 26.2 Å². The van der Waals surface area contributed by atoms with Crippen LogP contribution >= 0.6 is 0 Å². The Labute approximate surface area is 164 Å². The van der Waals surface area contributed by atoms with Gasteiger partial charge in [0.05, 0.1) is 25.0 Å². The third-order valence-corrected chi connectivity index (χ3v) is 4.92. The standard InChI is InChI=1S/C19H26N6O3/c1-23(15-6-4-3-5-14(15)19(27)28-2)17-16(20)18(22-13-21-17)25-9-7-24(8-10-25)11-12-26/h3-6,13,26H,7-12,20H2,1-2H3. The van der Waals surface area contributed by atoms with E-state index in [4.69, 9.17) is 15.6 Å². The lowest BCUT2D eigenvalue weighted by Crippen LogP contribution is -2.47. The highest BCUT2D eigenvalue weighted by atomic mass is 16.5. The lowest BCUT2D eigenvalue weighted by atomic mass is 10.1. The number of carbonyl (C=O) groups excluding carboxylic acids is 1. The Morgan fingerprint density at radius 2 is 1.96 bits per heavy atom. The molecular formula is C19H26N6O3. The van der Waals surface area contributed by atoms with Gasteiger partial charge in [-0.1, -0.05) is 12.1 Å². The normalized spacial score (nSPS) is 14.8. The van der Waals surface area contributed by atoms with E-state index < -0.39 is 5.97 Å². The summed E-state index contributed by atoms with van der Waals surface area (Å²) in [6.45, 7) is 4.03. The van der Waals surface area contributed by atoms with Crippen molar-refractivity contribution >= 4 is 29.0 Å². The van der Waals surface area contributed by atoms with Gasteiger partial charge in [-0.3, -0.25) is 4.90 Å². The zero-order chi connectivity index (χ0) is 20.1. The Hall–Kier alpha value is -2.91. The summed E-state index contributed by atoms with van der Waals surface area (Å²) in [7, 11) is 3.16. The first-order valence-corrected chi connectivity index (χ1v) is 9.16. The number of anilines is 4. The van der Waals surface area contributed by atoms with Crippen molar-refractivity contribution in [3.8, 4) is 0 Å². The van der Waals surface area contributed by atoms with Crippen molar-refractivity contribution in [3.63, 3.8) is 0 Å². The Morgan fingerprint density at radius 3 is 2.64 bits per heavy atom. The van der Waals surface area contributed by atoms with E-state index in [1.165, 1.54) is 13.4 Å². The summed E-state index contributed by atoms with van der Waals surface area (Å²) in [6, 6.07) is 7.15. The number of ether oxygens (including phenoxy) is 1. The summed E-state index contributed by atoms with van der Waals surface area (Å²) in [6.07, 6.45) is 1.48. The average Bonchev–Trinajstić information content (AvgIpc) is 2.74. The molecule has 0 atom stereocenters. The number of nitrogens with zero attached hydrogens (tertiary/aromatic N) is 5. The molecule has 1 aliphatic heterocycles. The zero-order valence-electron chi connectivity index (χ0n) is 16.2. The van der Waals surface area contributed by atoms with E-state index in [9.17, 15) is 4.79 Å². The predicted molar refractivity (Wildman–Crippen MR) is 108 cm³/mol. The van der Waals surface area contributed by atoms with Crippen LogP contribution in [0.4, 0.5) is 23.0 Å². The molecule has 1 aromatic heterocycles. The van der Waals surface area contributed by atoms with Crippen LogP contribution in [0.2, 0.25) is 0 Å². The molecule has 9 heteroatoms. The van der Waals surface area contributed by atoms with Crippen molar-refractivity contribution in [2.75, 3.05) is 69.0 Å². The maximum absolute atomic E-state index is 12.1. The minimum absolute atomic E-state index is 0.157. The van der Waals surface area contributed by atoms with Gasteiger partial charge in [-0.2, -0.15) is 0 Å². The quantitative estimate of drug-likeness (QED) is 0.695. The van der Waals surface area contributed by atoms with Gasteiger partial charge in [0.15, 0.2) is 11.6 Å². The molecule has 0 radical (unpaired) electrons. The Kier molecular flexibility index (Phi) is 6.27. The second-order valence-corrected chi connectivity index (χ2v) is 6.55. The molecule has 0 spiro atoms. The molecule has 0 aliphatic carbocycles. The summed E-state index contributed by atoms with van der Waals surface area (Å²) < 4.78 is 4.88. The molecule has 28 heavy (non-hydrogen) atoms. The number of para-hydroxylation sites is 1. The fourth-order valence-corrected chi connectivity index (χ4v) is 3.38. The highest BCUT2D eigenvalue weighted by molar-refractivity contribution is 5.97. The van der Waals surface area contributed by atoms with Gasteiger partial charge in [-0.25, -0.2) is 14.8 Å². The van der Waals surface area contributed by atoms with E-state index >= 15 is 0 Å². The second-order valence-electron chi connectivity index (χ2n) is 6.55. The molecule has 9 nitrogen and oxygen atoms in total. The molecule has 1 aliphatic rings. The molecule has 1 saturated heterocycles. The number of benzene rings is 1.